The van der Waals surface area contributed by atoms with Crippen molar-refractivity contribution in [1.29, 1.82) is 0 Å². The summed E-state index contributed by atoms with van der Waals surface area (Å²) in [5.41, 5.74) is 3.33. The van der Waals surface area contributed by atoms with Crippen LogP contribution in [-0.4, -0.2) is 18.4 Å². The van der Waals surface area contributed by atoms with Gasteiger partial charge in [0, 0.05) is 16.7 Å². The third-order valence-corrected chi connectivity index (χ3v) is 5.82. The first-order chi connectivity index (χ1) is 12.6. The number of anilines is 1. The first kappa shape index (κ1) is 17.3. The van der Waals surface area contributed by atoms with Gasteiger partial charge in [0.1, 0.15) is 5.92 Å². The van der Waals surface area contributed by atoms with Crippen LogP contribution in [0.3, 0.4) is 0 Å². The second-order valence-electron chi connectivity index (χ2n) is 6.96. The molecule has 1 N–H and O–H groups in total. The number of carbonyl (C=O) groups excluding carboxylic acids is 2. The third kappa shape index (κ3) is 3.28. The Kier molecular flexibility index (Phi) is 4.81. The van der Waals surface area contributed by atoms with Crippen LogP contribution in [0.5, 0.6) is 0 Å². The molecular weight excluding hydrogens is 392 g/mol. The maximum atomic E-state index is 12.8. The summed E-state index contributed by atoms with van der Waals surface area (Å²) in [6.45, 7) is 0.578. The molecule has 0 radical (unpaired) electrons. The molecule has 0 spiro atoms. The number of aryl methyl sites for hydroxylation is 1. The van der Waals surface area contributed by atoms with Gasteiger partial charge in [0.2, 0.25) is 11.8 Å². The highest BCUT2D eigenvalue weighted by Gasteiger charge is 2.38. The summed E-state index contributed by atoms with van der Waals surface area (Å²) in [5.74, 6) is -0.845. The van der Waals surface area contributed by atoms with E-state index in [4.69, 9.17) is 0 Å². The fraction of sp³-hybridized carbons (Fsp3) is 0.333. The van der Waals surface area contributed by atoms with Crippen LogP contribution in [0.1, 0.15) is 36.4 Å². The van der Waals surface area contributed by atoms with Crippen molar-refractivity contribution in [2.75, 3.05) is 11.4 Å². The molecule has 0 bridgehead atoms. The van der Waals surface area contributed by atoms with Gasteiger partial charge in [-0.2, -0.15) is 0 Å². The molecule has 1 heterocycles. The Bertz CT molecular complexity index is 851. The summed E-state index contributed by atoms with van der Waals surface area (Å²) < 4.78 is 0.925. The van der Waals surface area contributed by atoms with E-state index in [-0.39, 0.29) is 17.9 Å². The Morgan fingerprint density at radius 3 is 2.81 bits per heavy atom. The normalized spacial score (nSPS) is 22.2. The molecule has 1 fully saturated rings. The Labute approximate surface area is 161 Å². The zero-order chi connectivity index (χ0) is 18.1. The number of carbonyl (C=O) groups is 2. The van der Waals surface area contributed by atoms with Crippen LogP contribution in [0.15, 0.2) is 53.0 Å². The van der Waals surface area contributed by atoms with E-state index in [0.717, 1.165) is 29.4 Å². The van der Waals surface area contributed by atoms with Crippen LogP contribution in [0.2, 0.25) is 0 Å². The van der Waals surface area contributed by atoms with Crippen LogP contribution >= 0.6 is 15.9 Å². The number of amides is 2. The molecule has 2 unspecified atom stereocenters. The van der Waals surface area contributed by atoms with Crippen molar-refractivity contribution in [3.8, 4) is 0 Å². The van der Waals surface area contributed by atoms with E-state index in [0.29, 0.717) is 13.0 Å². The number of nitrogens with one attached hydrogen (secondary N) is 1. The predicted molar refractivity (Wildman–Crippen MR) is 105 cm³/mol. The highest BCUT2D eigenvalue weighted by Crippen LogP contribution is 2.31. The Morgan fingerprint density at radius 2 is 1.96 bits per heavy atom. The summed E-state index contributed by atoms with van der Waals surface area (Å²) in [4.78, 5) is 27.3. The second kappa shape index (κ2) is 7.23. The Hall–Kier alpha value is -2.14. The van der Waals surface area contributed by atoms with E-state index in [1.54, 1.807) is 4.90 Å². The standard InChI is InChI=1S/C21H21BrN2O2/c22-15-7-4-8-16(13-15)24-12-11-18(21(24)26)20(25)23-19-10-3-6-14-5-1-2-9-17(14)19/h1-2,4-5,7-9,13,18-19H,3,6,10-12H2,(H,23,25). The Morgan fingerprint density at radius 1 is 1.12 bits per heavy atom. The van der Waals surface area contributed by atoms with E-state index in [1.165, 1.54) is 11.1 Å². The zero-order valence-corrected chi connectivity index (χ0v) is 16.0. The van der Waals surface area contributed by atoms with Gasteiger partial charge in [0.15, 0.2) is 0 Å². The topological polar surface area (TPSA) is 49.4 Å². The molecule has 134 valence electrons. The van der Waals surface area contributed by atoms with Crippen molar-refractivity contribution in [1.82, 2.24) is 5.32 Å². The van der Waals surface area contributed by atoms with Gasteiger partial charge in [0.25, 0.3) is 0 Å². The lowest BCUT2D eigenvalue weighted by atomic mass is 9.87. The molecule has 5 heteroatoms. The number of nitrogens with zero attached hydrogens (tertiary/aromatic N) is 1. The van der Waals surface area contributed by atoms with Crippen LogP contribution in [-0.2, 0) is 16.0 Å². The largest absolute Gasteiger partial charge is 0.349 e. The maximum Gasteiger partial charge on any atom is 0.239 e. The minimum absolute atomic E-state index is 0.0140. The first-order valence-corrected chi connectivity index (χ1v) is 9.88. The molecule has 26 heavy (non-hydrogen) atoms. The number of fused-ring (bicyclic) bond motifs is 1. The molecule has 2 atom stereocenters. The maximum absolute atomic E-state index is 12.8. The van der Waals surface area contributed by atoms with E-state index in [2.05, 4.69) is 33.4 Å². The molecule has 2 aromatic rings. The van der Waals surface area contributed by atoms with E-state index in [9.17, 15) is 9.59 Å². The molecule has 0 aromatic heterocycles. The fourth-order valence-electron chi connectivity index (χ4n) is 4.00. The highest BCUT2D eigenvalue weighted by molar-refractivity contribution is 9.10. The van der Waals surface area contributed by atoms with Crippen molar-refractivity contribution in [3.63, 3.8) is 0 Å². The molecule has 1 saturated heterocycles. The van der Waals surface area contributed by atoms with Gasteiger partial charge in [0.05, 0.1) is 6.04 Å². The highest BCUT2D eigenvalue weighted by atomic mass is 79.9. The lowest BCUT2D eigenvalue weighted by Crippen LogP contribution is -2.39. The molecular formula is C21H21BrN2O2. The van der Waals surface area contributed by atoms with Crippen LogP contribution < -0.4 is 10.2 Å². The summed E-state index contributed by atoms with van der Waals surface area (Å²) in [6, 6.07) is 15.9. The van der Waals surface area contributed by atoms with Gasteiger partial charge in [-0.25, -0.2) is 0 Å². The quantitative estimate of drug-likeness (QED) is 0.774. The van der Waals surface area contributed by atoms with Gasteiger partial charge in [-0.05, 0) is 55.0 Å². The van der Waals surface area contributed by atoms with E-state index >= 15 is 0 Å². The van der Waals surface area contributed by atoms with Crippen LogP contribution in [0.25, 0.3) is 0 Å². The van der Waals surface area contributed by atoms with Gasteiger partial charge < -0.3 is 10.2 Å². The first-order valence-electron chi connectivity index (χ1n) is 9.08. The number of halogens is 1. The molecule has 2 aromatic carbocycles. The molecule has 2 aliphatic rings. The van der Waals surface area contributed by atoms with Gasteiger partial charge >= 0.3 is 0 Å². The number of hydrogen-bond donors (Lipinski definition) is 1. The molecule has 4 rings (SSSR count). The zero-order valence-electron chi connectivity index (χ0n) is 14.5. The minimum Gasteiger partial charge on any atom is -0.349 e. The van der Waals surface area contributed by atoms with Gasteiger partial charge in [-0.1, -0.05) is 46.3 Å². The smallest absolute Gasteiger partial charge is 0.239 e. The fourth-order valence-corrected chi connectivity index (χ4v) is 4.39. The molecule has 1 aliphatic carbocycles. The van der Waals surface area contributed by atoms with Crippen LogP contribution in [0.4, 0.5) is 5.69 Å². The lowest BCUT2D eigenvalue weighted by molar-refractivity contribution is -0.132. The predicted octanol–water partition coefficient (Wildman–Crippen LogP) is 4.00. The SMILES string of the molecule is O=C(NC1CCCc2ccccc21)C1CCN(c2cccc(Br)c2)C1=O. The number of hydrogen-bond acceptors (Lipinski definition) is 2. The molecule has 0 saturated carbocycles. The van der Waals surface area contributed by atoms with Crippen LogP contribution in [0, 0.1) is 5.92 Å². The summed E-state index contributed by atoms with van der Waals surface area (Å²) in [6.07, 6.45) is 3.61. The van der Waals surface area contributed by atoms with E-state index < -0.39 is 5.92 Å². The summed E-state index contributed by atoms with van der Waals surface area (Å²) in [5, 5.41) is 3.14. The van der Waals surface area contributed by atoms with E-state index in [1.807, 2.05) is 36.4 Å². The van der Waals surface area contributed by atoms with Gasteiger partial charge in [-0.3, -0.25) is 9.59 Å². The Balaban J connectivity index is 1.47. The molecule has 2 amide bonds. The monoisotopic (exact) mass is 412 g/mol. The van der Waals surface area contributed by atoms with Crippen molar-refractivity contribution >= 4 is 33.4 Å². The average molecular weight is 413 g/mol. The number of rotatable bonds is 3. The molecule has 4 nitrogen and oxygen atoms in total. The second-order valence-corrected chi connectivity index (χ2v) is 7.88. The summed E-state index contributed by atoms with van der Waals surface area (Å²) >= 11 is 3.44. The number of benzene rings is 2. The lowest BCUT2D eigenvalue weighted by Gasteiger charge is -2.27. The van der Waals surface area contributed by atoms with Gasteiger partial charge in [-0.15, -0.1) is 0 Å². The molecule has 1 aliphatic heterocycles. The minimum atomic E-state index is -0.594. The third-order valence-electron chi connectivity index (χ3n) is 5.33. The van der Waals surface area contributed by atoms with Crippen molar-refractivity contribution < 1.29 is 9.59 Å². The van der Waals surface area contributed by atoms with Crippen molar-refractivity contribution in [2.45, 2.75) is 31.7 Å². The van der Waals surface area contributed by atoms with Crippen molar-refractivity contribution in [3.05, 3.63) is 64.1 Å². The summed E-state index contributed by atoms with van der Waals surface area (Å²) in [7, 11) is 0. The van der Waals surface area contributed by atoms with Crippen molar-refractivity contribution in [2.24, 2.45) is 5.92 Å². The average Bonchev–Trinajstić information content (AvgIpc) is 3.03.